The van der Waals surface area contributed by atoms with Gasteiger partial charge in [-0.25, -0.2) is 4.79 Å². The van der Waals surface area contributed by atoms with Crippen molar-refractivity contribution in [3.63, 3.8) is 0 Å². The molecular formula is C12H17NO4. The number of hydrogen-bond donors (Lipinski definition) is 0. The highest BCUT2D eigenvalue weighted by molar-refractivity contribution is 5.74. The standard InChI is InChI=1S/C12H17NO4/c1-15-10(9-6-4-5-7-13-9)8-11(16-2)12(14)17-3/h4-7,10-11H,8H2,1-3H3. The highest BCUT2D eigenvalue weighted by atomic mass is 16.6. The van der Waals surface area contributed by atoms with E-state index in [1.165, 1.54) is 14.2 Å². The lowest BCUT2D eigenvalue weighted by atomic mass is 10.1. The zero-order chi connectivity index (χ0) is 12.7. The second-order valence-electron chi connectivity index (χ2n) is 3.46. The minimum Gasteiger partial charge on any atom is -0.467 e. The number of ether oxygens (including phenoxy) is 3. The summed E-state index contributed by atoms with van der Waals surface area (Å²) in [4.78, 5) is 15.6. The molecule has 0 bridgehead atoms. The van der Waals surface area contributed by atoms with Crippen LogP contribution >= 0.6 is 0 Å². The van der Waals surface area contributed by atoms with Gasteiger partial charge in [-0.15, -0.1) is 0 Å². The van der Waals surface area contributed by atoms with Gasteiger partial charge in [-0.05, 0) is 12.1 Å². The van der Waals surface area contributed by atoms with Crippen LogP contribution in [-0.4, -0.2) is 38.4 Å². The molecule has 1 aromatic rings. The fourth-order valence-corrected chi connectivity index (χ4v) is 1.52. The fourth-order valence-electron chi connectivity index (χ4n) is 1.52. The van der Waals surface area contributed by atoms with Crippen LogP contribution in [0.25, 0.3) is 0 Å². The summed E-state index contributed by atoms with van der Waals surface area (Å²) in [5.41, 5.74) is 0.765. The first kappa shape index (κ1) is 13.6. The first-order chi connectivity index (χ1) is 8.22. The maximum absolute atomic E-state index is 11.4. The fraction of sp³-hybridized carbons (Fsp3) is 0.500. The third-order valence-corrected chi connectivity index (χ3v) is 2.48. The van der Waals surface area contributed by atoms with Crippen LogP contribution in [-0.2, 0) is 19.0 Å². The van der Waals surface area contributed by atoms with E-state index >= 15 is 0 Å². The highest BCUT2D eigenvalue weighted by Crippen LogP contribution is 2.21. The number of carbonyl (C=O) groups excluding carboxylic acids is 1. The Kier molecular flexibility index (Phi) is 5.59. The van der Waals surface area contributed by atoms with E-state index in [0.717, 1.165) is 5.69 Å². The zero-order valence-corrected chi connectivity index (χ0v) is 10.3. The Morgan fingerprint density at radius 3 is 2.53 bits per heavy atom. The maximum Gasteiger partial charge on any atom is 0.335 e. The Balaban J connectivity index is 2.72. The van der Waals surface area contributed by atoms with E-state index < -0.39 is 12.1 Å². The van der Waals surface area contributed by atoms with Crippen molar-refractivity contribution in [2.75, 3.05) is 21.3 Å². The van der Waals surface area contributed by atoms with Crippen molar-refractivity contribution >= 4 is 5.97 Å². The molecule has 0 aliphatic rings. The Labute approximate surface area is 101 Å². The molecule has 2 atom stereocenters. The van der Waals surface area contributed by atoms with Crippen molar-refractivity contribution in [1.82, 2.24) is 4.98 Å². The molecule has 0 fully saturated rings. The SMILES string of the molecule is COC(=O)C(CC(OC)c1ccccn1)OC. The van der Waals surface area contributed by atoms with Gasteiger partial charge in [0.25, 0.3) is 0 Å². The van der Waals surface area contributed by atoms with Gasteiger partial charge in [0.2, 0.25) is 0 Å². The summed E-state index contributed by atoms with van der Waals surface area (Å²) in [6, 6.07) is 5.54. The smallest absolute Gasteiger partial charge is 0.335 e. The lowest BCUT2D eigenvalue weighted by Gasteiger charge is -2.19. The average Bonchev–Trinajstić information content (AvgIpc) is 2.40. The molecule has 0 radical (unpaired) electrons. The summed E-state index contributed by atoms with van der Waals surface area (Å²) in [5, 5.41) is 0. The van der Waals surface area contributed by atoms with E-state index in [1.807, 2.05) is 18.2 Å². The van der Waals surface area contributed by atoms with Crippen LogP contribution in [0.2, 0.25) is 0 Å². The third-order valence-electron chi connectivity index (χ3n) is 2.48. The van der Waals surface area contributed by atoms with Crippen LogP contribution < -0.4 is 0 Å². The molecule has 0 saturated carbocycles. The molecule has 17 heavy (non-hydrogen) atoms. The topological polar surface area (TPSA) is 57.7 Å². The lowest BCUT2D eigenvalue weighted by Crippen LogP contribution is -2.27. The van der Waals surface area contributed by atoms with Gasteiger partial charge in [-0.2, -0.15) is 0 Å². The van der Waals surface area contributed by atoms with Crippen LogP contribution in [0.1, 0.15) is 18.2 Å². The summed E-state index contributed by atoms with van der Waals surface area (Å²) in [5.74, 6) is -0.412. The first-order valence-electron chi connectivity index (χ1n) is 5.27. The number of esters is 1. The molecule has 0 aliphatic heterocycles. The van der Waals surface area contributed by atoms with Gasteiger partial charge < -0.3 is 14.2 Å². The largest absolute Gasteiger partial charge is 0.467 e. The Morgan fingerprint density at radius 2 is 2.06 bits per heavy atom. The maximum atomic E-state index is 11.4. The van der Waals surface area contributed by atoms with Gasteiger partial charge in [0, 0.05) is 26.8 Å². The molecule has 0 saturated heterocycles. The normalized spacial score (nSPS) is 14.1. The predicted molar refractivity (Wildman–Crippen MR) is 61.4 cm³/mol. The first-order valence-corrected chi connectivity index (χ1v) is 5.27. The van der Waals surface area contributed by atoms with Crippen molar-refractivity contribution < 1.29 is 19.0 Å². The quantitative estimate of drug-likeness (QED) is 0.701. The van der Waals surface area contributed by atoms with E-state index in [4.69, 9.17) is 9.47 Å². The van der Waals surface area contributed by atoms with E-state index in [9.17, 15) is 4.79 Å². The third kappa shape index (κ3) is 3.80. The van der Waals surface area contributed by atoms with Gasteiger partial charge in [-0.3, -0.25) is 4.98 Å². The number of nitrogens with zero attached hydrogens (tertiary/aromatic N) is 1. The average molecular weight is 239 g/mol. The van der Waals surface area contributed by atoms with E-state index in [1.54, 1.807) is 13.3 Å². The highest BCUT2D eigenvalue weighted by Gasteiger charge is 2.24. The monoisotopic (exact) mass is 239 g/mol. The Hall–Kier alpha value is -1.46. The van der Waals surface area contributed by atoms with Crippen LogP contribution in [0.15, 0.2) is 24.4 Å². The zero-order valence-electron chi connectivity index (χ0n) is 10.3. The molecule has 0 aromatic carbocycles. The van der Waals surface area contributed by atoms with Gasteiger partial charge in [0.05, 0.1) is 12.8 Å². The van der Waals surface area contributed by atoms with E-state index in [2.05, 4.69) is 9.72 Å². The minimum absolute atomic E-state index is 0.291. The van der Waals surface area contributed by atoms with Crippen LogP contribution in [0.4, 0.5) is 0 Å². The van der Waals surface area contributed by atoms with Gasteiger partial charge in [0.1, 0.15) is 6.10 Å². The summed E-state index contributed by atoms with van der Waals surface area (Å²) in [6.07, 6.45) is 1.12. The van der Waals surface area contributed by atoms with Gasteiger partial charge >= 0.3 is 5.97 Å². The van der Waals surface area contributed by atoms with E-state index in [-0.39, 0.29) is 6.10 Å². The number of pyridine rings is 1. The Bertz CT molecular complexity index is 342. The molecule has 5 heteroatoms. The second kappa shape index (κ2) is 6.98. The van der Waals surface area contributed by atoms with Crippen LogP contribution in [0, 0.1) is 0 Å². The summed E-state index contributed by atoms with van der Waals surface area (Å²) >= 11 is 0. The molecule has 0 aliphatic carbocycles. The van der Waals surface area contributed by atoms with Crippen LogP contribution in [0.5, 0.6) is 0 Å². The van der Waals surface area contributed by atoms with E-state index in [0.29, 0.717) is 6.42 Å². The van der Waals surface area contributed by atoms with Crippen molar-refractivity contribution in [2.24, 2.45) is 0 Å². The molecule has 0 spiro atoms. The minimum atomic E-state index is -0.646. The molecule has 1 heterocycles. The number of rotatable bonds is 6. The Morgan fingerprint density at radius 1 is 1.29 bits per heavy atom. The molecule has 1 rings (SSSR count). The summed E-state index contributed by atoms with van der Waals surface area (Å²) in [7, 11) is 4.37. The second-order valence-corrected chi connectivity index (χ2v) is 3.46. The molecule has 2 unspecified atom stereocenters. The number of hydrogen-bond acceptors (Lipinski definition) is 5. The molecule has 94 valence electrons. The van der Waals surface area contributed by atoms with Crippen molar-refractivity contribution in [1.29, 1.82) is 0 Å². The lowest BCUT2D eigenvalue weighted by molar-refractivity contribution is -0.154. The van der Waals surface area contributed by atoms with Crippen molar-refractivity contribution in [3.8, 4) is 0 Å². The molecular weight excluding hydrogens is 222 g/mol. The van der Waals surface area contributed by atoms with Gasteiger partial charge in [0.15, 0.2) is 6.10 Å². The number of methoxy groups -OCH3 is 3. The van der Waals surface area contributed by atoms with Crippen LogP contribution in [0.3, 0.4) is 0 Å². The summed E-state index contributed by atoms with van der Waals surface area (Å²) < 4.78 is 15.0. The van der Waals surface area contributed by atoms with Crippen molar-refractivity contribution in [3.05, 3.63) is 30.1 Å². The molecule has 0 amide bonds. The molecule has 1 aromatic heterocycles. The number of aromatic nitrogens is 1. The summed E-state index contributed by atoms with van der Waals surface area (Å²) in [6.45, 7) is 0. The number of carbonyl (C=O) groups is 1. The predicted octanol–water partition coefficient (Wildman–Crippen LogP) is 1.35. The van der Waals surface area contributed by atoms with Gasteiger partial charge in [-0.1, -0.05) is 6.07 Å². The molecule has 0 N–H and O–H groups in total. The van der Waals surface area contributed by atoms with Crippen molar-refractivity contribution in [2.45, 2.75) is 18.6 Å². The molecule has 5 nitrogen and oxygen atoms in total.